The van der Waals surface area contributed by atoms with Crippen molar-refractivity contribution < 1.29 is 23.9 Å². The summed E-state index contributed by atoms with van der Waals surface area (Å²) in [6.07, 6.45) is 0.801. The summed E-state index contributed by atoms with van der Waals surface area (Å²) in [5, 5.41) is 8.33. The van der Waals surface area contributed by atoms with Gasteiger partial charge in [0, 0.05) is 6.54 Å². The van der Waals surface area contributed by atoms with E-state index in [1.54, 1.807) is 24.3 Å². The maximum atomic E-state index is 12.7. The van der Waals surface area contributed by atoms with Gasteiger partial charge in [0.15, 0.2) is 0 Å². The third-order valence-electron chi connectivity index (χ3n) is 2.76. The first kappa shape index (κ1) is 12.9. The molecule has 0 spiro atoms. The zero-order valence-corrected chi connectivity index (χ0v) is 9.80. The number of carboxylic acids is 1. The highest BCUT2D eigenvalue weighted by molar-refractivity contribution is 6.21. The van der Waals surface area contributed by atoms with Gasteiger partial charge in [-0.2, -0.15) is 4.39 Å². The van der Waals surface area contributed by atoms with Gasteiger partial charge in [-0.1, -0.05) is 12.1 Å². The molecule has 98 valence electrons. The van der Waals surface area contributed by atoms with E-state index in [9.17, 15) is 18.8 Å². The van der Waals surface area contributed by atoms with Gasteiger partial charge in [0.25, 0.3) is 11.8 Å². The van der Waals surface area contributed by atoms with E-state index in [-0.39, 0.29) is 13.0 Å². The average Bonchev–Trinajstić information content (AvgIpc) is 2.64. The van der Waals surface area contributed by atoms with Crippen LogP contribution in [0.25, 0.3) is 0 Å². The molecule has 0 fully saturated rings. The zero-order valence-electron chi connectivity index (χ0n) is 9.80. The van der Waals surface area contributed by atoms with Gasteiger partial charge in [0.1, 0.15) is 0 Å². The van der Waals surface area contributed by atoms with Gasteiger partial charge in [-0.05, 0) is 24.6 Å². The molecule has 5 nitrogen and oxygen atoms in total. The van der Waals surface area contributed by atoms with Crippen molar-refractivity contribution in [2.24, 2.45) is 0 Å². The summed E-state index contributed by atoms with van der Waals surface area (Å²) in [6.45, 7) is -0.0486. The minimum absolute atomic E-state index is 0.0381. The molecule has 1 aromatic carbocycles. The quantitative estimate of drug-likeness (QED) is 0.661. The number of carbonyl (C=O) groups is 3. The van der Waals surface area contributed by atoms with Crippen LogP contribution in [0.2, 0.25) is 0 Å². The molecule has 19 heavy (non-hydrogen) atoms. The molecule has 0 saturated heterocycles. The average molecular weight is 263 g/mol. The van der Waals surface area contributed by atoms with E-state index in [4.69, 9.17) is 5.11 Å². The topological polar surface area (TPSA) is 74.7 Å². The Labute approximate surface area is 107 Å². The summed E-state index contributed by atoms with van der Waals surface area (Å²) in [7, 11) is 0. The number of fused-ring (bicyclic) bond motifs is 1. The summed E-state index contributed by atoms with van der Waals surface area (Å²) in [4.78, 5) is 35.0. The molecule has 1 aromatic rings. The van der Waals surface area contributed by atoms with Crippen LogP contribution in [0.5, 0.6) is 0 Å². The molecular formula is C13H10FNO4. The van der Waals surface area contributed by atoms with Crippen molar-refractivity contribution in [1.29, 1.82) is 0 Å². The van der Waals surface area contributed by atoms with Crippen molar-refractivity contribution in [3.05, 3.63) is 47.3 Å². The van der Waals surface area contributed by atoms with Crippen LogP contribution in [0, 0.1) is 0 Å². The van der Waals surface area contributed by atoms with Crippen molar-refractivity contribution in [3.8, 4) is 0 Å². The molecular weight excluding hydrogens is 253 g/mol. The normalized spacial score (nSPS) is 14.8. The predicted octanol–water partition coefficient (Wildman–Crippen LogP) is 1.61. The van der Waals surface area contributed by atoms with Crippen LogP contribution in [0.15, 0.2) is 36.2 Å². The minimum Gasteiger partial charge on any atom is -0.476 e. The fourth-order valence-electron chi connectivity index (χ4n) is 1.85. The van der Waals surface area contributed by atoms with E-state index < -0.39 is 23.6 Å². The number of benzene rings is 1. The Balaban J connectivity index is 2.09. The van der Waals surface area contributed by atoms with Crippen molar-refractivity contribution in [3.63, 3.8) is 0 Å². The van der Waals surface area contributed by atoms with Gasteiger partial charge >= 0.3 is 5.97 Å². The zero-order chi connectivity index (χ0) is 14.0. The molecule has 6 heteroatoms. The Morgan fingerprint density at radius 2 is 1.74 bits per heavy atom. The number of amides is 2. The molecule has 0 aliphatic carbocycles. The number of aliphatic carboxylic acids is 1. The Kier molecular flexibility index (Phi) is 3.41. The van der Waals surface area contributed by atoms with Crippen LogP contribution in [-0.4, -0.2) is 34.3 Å². The number of nitrogens with zero attached hydrogens (tertiary/aromatic N) is 1. The lowest BCUT2D eigenvalue weighted by Crippen LogP contribution is -2.30. The number of imide groups is 1. The molecule has 1 aliphatic rings. The molecule has 0 radical (unpaired) electrons. The van der Waals surface area contributed by atoms with Gasteiger partial charge < -0.3 is 5.11 Å². The molecule has 0 aromatic heterocycles. The first-order valence-corrected chi connectivity index (χ1v) is 5.56. The van der Waals surface area contributed by atoms with E-state index in [2.05, 4.69) is 0 Å². The van der Waals surface area contributed by atoms with Crippen molar-refractivity contribution in [2.45, 2.75) is 6.42 Å². The van der Waals surface area contributed by atoms with Crippen LogP contribution >= 0.6 is 0 Å². The fraction of sp³-hybridized carbons (Fsp3) is 0.154. The summed E-state index contributed by atoms with van der Waals surface area (Å²) < 4.78 is 12.7. The molecule has 0 bridgehead atoms. The summed E-state index contributed by atoms with van der Waals surface area (Å²) in [6, 6.07) is 6.39. The first-order valence-electron chi connectivity index (χ1n) is 5.56. The highest BCUT2D eigenvalue weighted by Crippen LogP contribution is 2.22. The van der Waals surface area contributed by atoms with Crippen LogP contribution in [0.1, 0.15) is 27.1 Å². The van der Waals surface area contributed by atoms with Gasteiger partial charge in [0.05, 0.1) is 11.1 Å². The largest absolute Gasteiger partial charge is 0.476 e. The Hall–Kier alpha value is -2.50. The van der Waals surface area contributed by atoms with Gasteiger partial charge in [-0.15, -0.1) is 0 Å². The highest BCUT2D eigenvalue weighted by Gasteiger charge is 2.34. The second-order valence-corrected chi connectivity index (χ2v) is 3.95. The van der Waals surface area contributed by atoms with E-state index >= 15 is 0 Å². The molecule has 2 rings (SSSR count). The predicted molar refractivity (Wildman–Crippen MR) is 63.3 cm³/mol. The van der Waals surface area contributed by atoms with Gasteiger partial charge in [0.2, 0.25) is 5.83 Å². The second kappa shape index (κ2) is 5.01. The summed E-state index contributed by atoms with van der Waals surface area (Å²) >= 11 is 0. The van der Waals surface area contributed by atoms with Crippen molar-refractivity contribution >= 4 is 17.8 Å². The van der Waals surface area contributed by atoms with Crippen LogP contribution in [0.4, 0.5) is 4.39 Å². The molecule has 0 saturated carbocycles. The number of halogens is 1. The lowest BCUT2D eigenvalue weighted by molar-refractivity contribution is -0.134. The summed E-state index contributed by atoms with van der Waals surface area (Å²) in [5.41, 5.74) is 0.630. The Morgan fingerprint density at radius 1 is 1.21 bits per heavy atom. The lowest BCUT2D eigenvalue weighted by atomic mass is 10.1. The molecule has 1 aliphatic heterocycles. The van der Waals surface area contributed by atoms with E-state index in [1.807, 2.05) is 0 Å². The van der Waals surface area contributed by atoms with Gasteiger partial charge in [-0.3, -0.25) is 14.5 Å². The summed E-state index contributed by atoms with van der Waals surface area (Å²) in [5.74, 6) is -3.84. The first-order chi connectivity index (χ1) is 9.02. The molecule has 0 atom stereocenters. The molecule has 2 amide bonds. The van der Waals surface area contributed by atoms with E-state index in [0.717, 1.165) is 11.0 Å². The van der Waals surface area contributed by atoms with E-state index in [0.29, 0.717) is 11.1 Å². The fourth-order valence-corrected chi connectivity index (χ4v) is 1.85. The van der Waals surface area contributed by atoms with E-state index in [1.165, 1.54) is 0 Å². The highest BCUT2D eigenvalue weighted by atomic mass is 19.1. The number of carboxylic acid groups (broad SMARTS) is 1. The van der Waals surface area contributed by atoms with Crippen LogP contribution in [0.3, 0.4) is 0 Å². The Bertz CT molecular complexity index is 559. The number of carbonyl (C=O) groups excluding carboxylic acids is 2. The number of rotatable bonds is 4. The Morgan fingerprint density at radius 3 is 2.21 bits per heavy atom. The smallest absolute Gasteiger partial charge is 0.364 e. The monoisotopic (exact) mass is 263 g/mol. The van der Waals surface area contributed by atoms with Crippen LogP contribution < -0.4 is 0 Å². The maximum Gasteiger partial charge on any atom is 0.364 e. The molecule has 0 unspecified atom stereocenters. The SMILES string of the molecule is O=C(O)/C(F)=C/CCN1C(=O)c2ccccc2C1=O. The third kappa shape index (κ3) is 2.37. The van der Waals surface area contributed by atoms with Crippen molar-refractivity contribution in [2.75, 3.05) is 6.54 Å². The van der Waals surface area contributed by atoms with Crippen LogP contribution in [-0.2, 0) is 4.79 Å². The molecule has 1 heterocycles. The maximum absolute atomic E-state index is 12.7. The van der Waals surface area contributed by atoms with Gasteiger partial charge in [-0.25, -0.2) is 4.79 Å². The third-order valence-corrected chi connectivity index (χ3v) is 2.76. The molecule has 1 N–H and O–H groups in total. The second-order valence-electron chi connectivity index (χ2n) is 3.95. The lowest BCUT2D eigenvalue weighted by Gasteiger charge is -2.11. The van der Waals surface area contributed by atoms with Crippen molar-refractivity contribution in [1.82, 2.24) is 4.90 Å². The number of hydrogen-bond donors (Lipinski definition) is 1. The number of hydrogen-bond acceptors (Lipinski definition) is 3. The standard InChI is InChI=1S/C13H10FNO4/c14-10(13(18)19)6-3-7-15-11(16)8-4-1-2-5-9(8)12(15)17/h1-2,4-6H,3,7H2,(H,18,19)/b10-6-. The minimum atomic E-state index is -1.66.